The van der Waals surface area contributed by atoms with Crippen molar-refractivity contribution >= 4 is 56.5 Å². The number of carbonyl (C=O) groups is 1. The van der Waals surface area contributed by atoms with Gasteiger partial charge in [-0.15, -0.1) is 11.3 Å². The summed E-state index contributed by atoms with van der Waals surface area (Å²) < 4.78 is 0. The maximum Gasteiger partial charge on any atom is 0.260 e. The van der Waals surface area contributed by atoms with Crippen LogP contribution in [0.25, 0.3) is 10.2 Å². The standard InChI is InChI=1S/C15H12ClN3O2S2/c1-8-2-3-9(16)6-11(8)17-12(20)7-23-15-18-13(21)10-4-5-22-14(10)19-15/h2-6H,7H2,1H3,(H,17,20)(H,18,19,21). The molecule has 0 aliphatic heterocycles. The van der Waals surface area contributed by atoms with E-state index in [0.29, 0.717) is 26.1 Å². The Kier molecular flexibility index (Phi) is 4.70. The van der Waals surface area contributed by atoms with Crippen LogP contribution in [0.4, 0.5) is 5.69 Å². The van der Waals surface area contributed by atoms with Crippen LogP contribution in [0.5, 0.6) is 0 Å². The Morgan fingerprint density at radius 3 is 3.09 bits per heavy atom. The van der Waals surface area contributed by atoms with Crippen molar-refractivity contribution in [1.82, 2.24) is 9.97 Å². The molecule has 8 heteroatoms. The zero-order valence-corrected chi connectivity index (χ0v) is 14.4. The minimum atomic E-state index is -0.190. The van der Waals surface area contributed by atoms with E-state index in [4.69, 9.17) is 11.6 Å². The molecule has 0 bridgehead atoms. The second kappa shape index (κ2) is 6.74. The van der Waals surface area contributed by atoms with E-state index >= 15 is 0 Å². The van der Waals surface area contributed by atoms with Crippen LogP contribution in [0.1, 0.15) is 5.56 Å². The number of nitrogens with one attached hydrogen (secondary N) is 2. The molecule has 2 aromatic heterocycles. The Morgan fingerprint density at radius 2 is 2.26 bits per heavy atom. The third-order valence-corrected chi connectivity index (χ3v) is 5.04. The summed E-state index contributed by atoms with van der Waals surface area (Å²) in [5.74, 6) is -0.0412. The number of aryl methyl sites for hydroxylation is 1. The number of carbonyl (C=O) groups excluding carboxylic acids is 1. The lowest BCUT2D eigenvalue weighted by atomic mass is 10.2. The number of thioether (sulfide) groups is 1. The van der Waals surface area contributed by atoms with Gasteiger partial charge in [0.05, 0.1) is 11.1 Å². The van der Waals surface area contributed by atoms with E-state index in [1.54, 1.807) is 18.2 Å². The van der Waals surface area contributed by atoms with Crippen molar-refractivity contribution in [1.29, 1.82) is 0 Å². The molecule has 118 valence electrons. The Morgan fingerprint density at radius 1 is 1.43 bits per heavy atom. The topological polar surface area (TPSA) is 74.8 Å². The molecular weight excluding hydrogens is 354 g/mol. The van der Waals surface area contributed by atoms with Crippen molar-refractivity contribution in [3.8, 4) is 0 Å². The van der Waals surface area contributed by atoms with Gasteiger partial charge in [0, 0.05) is 10.7 Å². The number of anilines is 1. The largest absolute Gasteiger partial charge is 0.325 e. The Labute approximate surface area is 145 Å². The molecule has 0 aliphatic rings. The van der Waals surface area contributed by atoms with Crippen molar-refractivity contribution in [3.63, 3.8) is 0 Å². The van der Waals surface area contributed by atoms with Gasteiger partial charge in [0.2, 0.25) is 5.91 Å². The minimum Gasteiger partial charge on any atom is -0.325 e. The number of rotatable bonds is 4. The summed E-state index contributed by atoms with van der Waals surface area (Å²) in [6.45, 7) is 1.89. The maximum absolute atomic E-state index is 12.1. The molecule has 0 atom stereocenters. The molecule has 0 saturated heterocycles. The fourth-order valence-corrected chi connectivity index (χ4v) is 3.62. The summed E-state index contributed by atoms with van der Waals surface area (Å²) in [5, 5.41) is 6.19. The van der Waals surface area contributed by atoms with Gasteiger partial charge in [-0.1, -0.05) is 29.4 Å². The number of amides is 1. The van der Waals surface area contributed by atoms with E-state index < -0.39 is 0 Å². The SMILES string of the molecule is Cc1ccc(Cl)cc1NC(=O)CSc1nc2sccc2c(=O)[nH]1. The summed E-state index contributed by atoms with van der Waals surface area (Å²) in [7, 11) is 0. The summed E-state index contributed by atoms with van der Waals surface area (Å²) in [6.07, 6.45) is 0. The molecule has 3 aromatic rings. The number of aromatic nitrogens is 2. The van der Waals surface area contributed by atoms with Gasteiger partial charge in [0.1, 0.15) is 4.83 Å². The molecule has 0 spiro atoms. The van der Waals surface area contributed by atoms with Crippen LogP contribution in [0, 0.1) is 6.92 Å². The Balaban J connectivity index is 1.68. The Bertz CT molecular complexity index is 936. The molecule has 23 heavy (non-hydrogen) atoms. The fraction of sp³-hybridized carbons (Fsp3) is 0.133. The second-order valence-corrected chi connectivity index (χ2v) is 7.10. The van der Waals surface area contributed by atoms with Gasteiger partial charge in [-0.2, -0.15) is 0 Å². The number of benzene rings is 1. The molecule has 2 heterocycles. The number of nitrogens with zero attached hydrogens (tertiary/aromatic N) is 1. The van der Waals surface area contributed by atoms with Crippen molar-refractivity contribution < 1.29 is 4.79 Å². The van der Waals surface area contributed by atoms with E-state index in [1.165, 1.54) is 23.1 Å². The van der Waals surface area contributed by atoms with E-state index in [9.17, 15) is 9.59 Å². The Hall–Kier alpha value is -1.83. The number of hydrogen-bond donors (Lipinski definition) is 2. The summed E-state index contributed by atoms with van der Waals surface area (Å²) >= 11 is 8.51. The van der Waals surface area contributed by atoms with Crippen molar-refractivity contribution in [2.75, 3.05) is 11.1 Å². The highest BCUT2D eigenvalue weighted by Gasteiger charge is 2.09. The number of hydrogen-bond acceptors (Lipinski definition) is 5. The van der Waals surface area contributed by atoms with Crippen LogP contribution in [-0.4, -0.2) is 21.6 Å². The predicted octanol–water partition coefficient (Wildman–Crippen LogP) is 3.68. The monoisotopic (exact) mass is 365 g/mol. The third kappa shape index (κ3) is 3.74. The molecule has 0 fully saturated rings. The van der Waals surface area contributed by atoms with E-state index in [-0.39, 0.29) is 17.2 Å². The average molecular weight is 366 g/mol. The zero-order chi connectivity index (χ0) is 16.4. The van der Waals surface area contributed by atoms with E-state index in [2.05, 4.69) is 15.3 Å². The summed E-state index contributed by atoms with van der Waals surface area (Å²) in [4.78, 5) is 31.6. The lowest BCUT2D eigenvalue weighted by Crippen LogP contribution is -2.16. The first-order valence-corrected chi connectivity index (χ1v) is 8.93. The van der Waals surface area contributed by atoms with Gasteiger partial charge in [-0.3, -0.25) is 9.59 Å². The molecule has 2 N–H and O–H groups in total. The van der Waals surface area contributed by atoms with Gasteiger partial charge in [0.25, 0.3) is 5.56 Å². The average Bonchev–Trinajstić information content (AvgIpc) is 2.98. The van der Waals surface area contributed by atoms with Crippen LogP contribution in [-0.2, 0) is 4.79 Å². The van der Waals surface area contributed by atoms with Gasteiger partial charge >= 0.3 is 0 Å². The summed E-state index contributed by atoms with van der Waals surface area (Å²) in [5.41, 5.74) is 1.42. The predicted molar refractivity (Wildman–Crippen MR) is 95.8 cm³/mol. The lowest BCUT2D eigenvalue weighted by Gasteiger charge is -2.08. The van der Waals surface area contributed by atoms with Gasteiger partial charge in [-0.25, -0.2) is 4.98 Å². The first-order valence-electron chi connectivity index (χ1n) is 6.69. The number of thiophene rings is 1. The molecule has 0 saturated carbocycles. The van der Waals surface area contributed by atoms with Gasteiger partial charge in [-0.05, 0) is 36.1 Å². The first kappa shape index (κ1) is 16.0. The van der Waals surface area contributed by atoms with Crippen LogP contribution in [0.2, 0.25) is 5.02 Å². The van der Waals surface area contributed by atoms with Crippen LogP contribution in [0.3, 0.4) is 0 Å². The molecule has 3 rings (SSSR count). The van der Waals surface area contributed by atoms with Gasteiger partial charge < -0.3 is 10.3 Å². The number of H-pyrrole nitrogens is 1. The lowest BCUT2D eigenvalue weighted by molar-refractivity contribution is -0.113. The highest BCUT2D eigenvalue weighted by molar-refractivity contribution is 7.99. The minimum absolute atomic E-state index is 0.145. The molecule has 0 aliphatic carbocycles. The molecule has 5 nitrogen and oxygen atoms in total. The van der Waals surface area contributed by atoms with E-state index in [0.717, 1.165) is 5.56 Å². The number of aromatic amines is 1. The second-order valence-electron chi connectivity index (χ2n) is 4.81. The molecule has 1 aromatic carbocycles. The van der Waals surface area contributed by atoms with Crippen LogP contribution in [0.15, 0.2) is 39.6 Å². The summed E-state index contributed by atoms with van der Waals surface area (Å²) in [6, 6.07) is 7.05. The zero-order valence-electron chi connectivity index (χ0n) is 12.1. The molecule has 0 radical (unpaired) electrons. The highest BCUT2D eigenvalue weighted by atomic mass is 35.5. The smallest absolute Gasteiger partial charge is 0.260 e. The quantitative estimate of drug-likeness (QED) is 0.546. The molecular formula is C15H12ClN3O2S2. The number of fused-ring (bicyclic) bond motifs is 1. The van der Waals surface area contributed by atoms with Crippen LogP contribution >= 0.6 is 34.7 Å². The maximum atomic E-state index is 12.1. The number of halogens is 1. The van der Waals surface area contributed by atoms with E-state index in [1.807, 2.05) is 18.4 Å². The van der Waals surface area contributed by atoms with Crippen molar-refractivity contribution in [3.05, 3.63) is 50.6 Å². The highest BCUT2D eigenvalue weighted by Crippen LogP contribution is 2.22. The fourth-order valence-electron chi connectivity index (χ4n) is 1.96. The van der Waals surface area contributed by atoms with Crippen molar-refractivity contribution in [2.45, 2.75) is 12.1 Å². The van der Waals surface area contributed by atoms with Gasteiger partial charge in [0.15, 0.2) is 5.16 Å². The molecule has 1 amide bonds. The first-order chi connectivity index (χ1) is 11.0. The normalized spacial score (nSPS) is 10.9. The third-order valence-electron chi connectivity index (χ3n) is 3.13. The molecule has 0 unspecified atom stereocenters. The van der Waals surface area contributed by atoms with Crippen LogP contribution < -0.4 is 10.9 Å². The van der Waals surface area contributed by atoms with Crippen molar-refractivity contribution in [2.24, 2.45) is 0 Å².